The molecule has 0 amide bonds. The van der Waals surface area contributed by atoms with Gasteiger partial charge in [-0.2, -0.15) is 9.97 Å². The Bertz CT molecular complexity index is 378. The van der Waals surface area contributed by atoms with Crippen molar-refractivity contribution in [2.75, 3.05) is 26.1 Å². The molecule has 1 aromatic rings. The molecule has 2 unspecified atom stereocenters. The highest BCUT2D eigenvalue weighted by Gasteiger charge is 2.25. The minimum atomic E-state index is -0.218. The molecule has 1 saturated carbocycles. The molecule has 18 heavy (non-hydrogen) atoms. The average molecular weight is 253 g/mol. The summed E-state index contributed by atoms with van der Waals surface area (Å²) in [6.45, 7) is 0.664. The van der Waals surface area contributed by atoms with Crippen LogP contribution in [0, 0.1) is 5.92 Å². The lowest BCUT2D eigenvalue weighted by Gasteiger charge is -2.15. The minimum absolute atomic E-state index is 0.218. The molecule has 0 spiro atoms. The molecule has 100 valence electrons. The number of ether oxygens (including phenoxy) is 2. The fourth-order valence-electron chi connectivity index (χ4n) is 2.17. The van der Waals surface area contributed by atoms with E-state index in [1.165, 1.54) is 0 Å². The predicted molar refractivity (Wildman–Crippen MR) is 67.0 cm³/mol. The molecule has 0 aliphatic heterocycles. The van der Waals surface area contributed by atoms with Crippen LogP contribution in [-0.2, 0) is 0 Å². The third-order valence-corrected chi connectivity index (χ3v) is 3.24. The van der Waals surface area contributed by atoms with Crippen LogP contribution in [0.5, 0.6) is 11.8 Å². The summed E-state index contributed by atoms with van der Waals surface area (Å²) in [5, 5.41) is 12.9. The van der Waals surface area contributed by atoms with Crippen molar-refractivity contribution in [3.8, 4) is 11.8 Å². The summed E-state index contributed by atoms with van der Waals surface area (Å²) in [7, 11) is 3.10. The molecule has 1 heterocycles. The van der Waals surface area contributed by atoms with Crippen molar-refractivity contribution in [1.82, 2.24) is 9.97 Å². The Hall–Kier alpha value is -1.56. The van der Waals surface area contributed by atoms with Crippen LogP contribution in [0.4, 0.5) is 5.95 Å². The molecular formula is C12H19N3O3. The number of nitrogens with one attached hydrogen (secondary N) is 1. The number of nitrogens with zero attached hydrogens (tertiary/aromatic N) is 2. The molecule has 2 rings (SSSR count). The molecule has 1 fully saturated rings. The van der Waals surface area contributed by atoms with Crippen LogP contribution < -0.4 is 14.8 Å². The van der Waals surface area contributed by atoms with Gasteiger partial charge in [-0.15, -0.1) is 0 Å². The number of aromatic nitrogens is 2. The SMILES string of the molecule is COc1cc(OC)nc(NCC2CCCC2O)n1. The number of hydrogen-bond donors (Lipinski definition) is 2. The van der Waals surface area contributed by atoms with Crippen LogP contribution in [0.25, 0.3) is 0 Å². The van der Waals surface area contributed by atoms with Gasteiger partial charge in [-0.3, -0.25) is 0 Å². The van der Waals surface area contributed by atoms with Crippen LogP contribution in [0.1, 0.15) is 19.3 Å². The van der Waals surface area contributed by atoms with Gasteiger partial charge in [-0.1, -0.05) is 6.42 Å². The maximum atomic E-state index is 9.74. The zero-order valence-electron chi connectivity index (χ0n) is 10.7. The maximum absolute atomic E-state index is 9.74. The predicted octanol–water partition coefficient (Wildman–Crippen LogP) is 1.07. The van der Waals surface area contributed by atoms with E-state index in [-0.39, 0.29) is 12.0 Å². The Morgan fingerprint density at radius 3 is 2.44 bits per heavy atom. The first-order valence-electron chi connectivity index (χ1n) is 6.12. The molecule has 2 N–H and O–H groups in total. The average Bonchev–Trinajstić information content (AvgIpc) is 2.81. The van der Waals surface area contributed by atoms with Crippen molar-refractivity contribution in [3.63, 3.8) is 0 Å². The molecule has 2 atom stereocenters. The summed E-state index contributed by atoms with van der Waals surface area (Å²) < 4.78 is 10.1. The van der Waals surface area contributed by atoms with Crippen molar-refractivity contribution in [1.29, 1.82) is 0 Å². The standard InChI is InChI=1S/C12H19N3O3/c1-17-10-6-11(18-2)15-12(14-10)13-7-8-4-3-5-9(8)16/h6,8-9,16H,3-5,7H2,1-2H3,(H,13,14,15). The topological polar surface area (TPSA) is 76.5 Å². The number of methoxy groups -OCH3 is 2. The first-order chi connectivity index (χ1) is 8.72. The molecule has 0 saturated heterocycles. The quantitative estimate of drug-likeness (QED) is 0.817. The van der Waals surface area contributed by atoms with Gasteiger partial charge in [0.1, 0.15) is 0 Å². The van der Waals surface area contributed by atoms with Gasteiger partial charge in [-0.05, 0) is 12.8 Å². The lowest BCUT2D eigenvalue weighted by atomic mass is 10.1. The molecule has 0 radical (unpaired) electrons. The summed E-state index contributed by atoms with van der Waals surface area (Å²) in [6.07, 6.45) is 2.78. The van der Waals surface area contributed by atoms with Crippen molar-refractivity contribution < 1.29 is 14.6 Å². The lowest BCUT2D eigenvalue weighted by molar-refractivity contribution is 0.138. The van der Waals surface area contributed by atoms with E-state index in [0.717, 1.165) is 19.3 Å². The summed E-state index contributed by atoms with van der Waals surface area (Å²) >= 11 is 0. The van der Waals surface area contributed by atoms with Gasteiger partial charge in [0, 0.05) is 12.5 Å². The summed E-state index contributed by atoms with van der Waals surface area (Å²) in [4.78, 5) is 8.36. The van der Waals surface area contributed by atoms with Gasteiger partial charge in [0.15, 0.2) is 0 Å². The lowest BCUT2D eigenvalue weighted by Crippen LogP contribution is -2.22. The number of aliphatic hydroxyl groups excluding tert-OH is 1. The monoisotopic (exact) mass is 253 g/mol. The van der Waals surface area contributed by atoms with Gasteiger partial charge in [-0.25, -0.2) is 0 Å². The first-order valence-corrected chi connectivity index (χ1v) is 6.12. The third kappa shape index (κ3) is 3.01. The highest BCUT2D eigenvalue weighted by atomic mass is 16.5. The van der Waals surface area contributed by atoms with E-state index in [0.29, 0.717) is 24.3 Å². The van der Waals surface area contributed by atoms with Gasteiger partial charge < -0.3 is 19.9 Å². The van der Waals surface area contributed by atoms with Gasteiger partial charge in [0.05, 0.1) is 26.4 Å². The van der Waals surface area contributed by atoms with E-state index in [9.17, 15) is 5.11 Å². The third-order valence-electron chi connectivity index (χ3n) is 3.24. The fraction of sp³-hybridized carbons (Fsp3) is 0.667. The van der Waals surface area contributed by atoms with Gasteiger partial charge in [0.25, 0.3) is 0 Å². The van der Waals surface area contributed by atoms with Gasteiger partial charge in [0.2, 0.25) is 17.7 Å². The highest BCUT2D eigenvalue weighted by Crippen LogP contribution is 2.26. The number of aliphatic hydroxyl groups is 1. The number of anilines is 1. The second-order valence-electron chi connectivity index (χ2n) is 4.42. The molecule has 0 bridgehead atoms. The molecule has 6 nitrogen and oxygen atoms in total. The Kier molecular flexibility index (Phi) is 4.19. The van der Waals surface area contributed by atoms with Crippen LogP contribution in [0.15, 0.2) is 6.07 Å². The first kappa shape index (κ1) is 12.9. The molecule has 1 aliphatic carbocycles. The summed E-state index contributed by atoms with van der Waals surface area (Å²) in [5.74, 6) is 1.64. The summed E-state index contributed by atoms with van der Waals surface area (Å²) in [6, 6.07) is 1.62. The highest BCUT2D eigenvalue weighted by molar-refractivity contribution is 5.33. The minimum Gasteiger partial charge on any atom is -0.481 e. The van der Waals surface area contributed by atoms with E-state index in [1.54, 1.807) is 20.3 Å². The van der Waals surface area contributed by atoms with E-state index in [2.05, 4.69) is 15.3 Å². The van der Waals surface area contributed by atoms with Crippen molar-refractivity contribution in [2.24, 2.45) is 5.92 Å². The Labute approximate surface area is 106 Å². The zero-order valence-corrected chi connectivity index (χ0v) is 10.7. The van der Waals surface area contributed by atoms with Gasteiger partial charge >= 0.3 is 0 Å². The molecule has 1 aromatic heterocycles. The van der Waals surface area contributed by atoms with E-state index < -0.39 is 0 Å². The van der Waals surface area contributed by atoms with Crippen molar-refractivity contribution >= 4 is 5.95 Å². The van der Waals surface area contributed by atoms with Crippen LogP contribution in [0.3, 0.4) is 0 Å². The second-order valence-corrected chi connectivity index (χ2v) is 4.42. The number of rotatable bonds is 5. The van der Waals surface area contributed by atoms with Crippen LogP contribution >= 0.6 is 0 Å². The van der Waals surface area contributed by atoms with E-state index in [4.69, 9.17) is 9.47 Å². The molecule has 6 heteroatoms. The van der Waals surface area contributed by atoms with Crippen molar-refractivity contribution in [3.05, 3.63) is 6.07 Å². The fourth-order valence-corrected chi connectivity index (χ4v) is 2.17. The summed E-state index contributed by atoms with van der Waals surface area (Å²) in [5.41, 5.74) is 0. The maximum Gasteiger partial charge on any atom is 0.229 e. The number of hydrogen-bond acceptors (Lipinski definition) is 6. The zero-order chi connectivity index (χ0) is 13.0. The second kappa shape index (κ2) is 5.86. The van der Waals surface area contributed by atoms with Crippen molar-refractivity contribution in [2.45, 2.75) is 25.4 Å². The Balaban J connectivity index is 1.99. The smallest absolute Gasteiger partial charge is 0.229 e. The largest absolute Gasteiger partial charge is 0.481 e. The Morgan fingerprint density at radius 2 is 1.94 bits per heavy atom. The van der Waals surface area contributed by atoms with Crippen LogP contribution in [0.2, 0.25) is 0 Å². The van der Waals surface area contributed by atoms with E-state index >= 15 is 0 Å². The molecule has 1 aliphatic rings. The van der Waals surface area contributed by atoms with E-state index in [1.807, 2.05) is 0 Å². The normalized spacial score (nSPS) is 22.8. The molecule has 0 aromatic carbocycles. The Morgan fingerprint density at radius 1 is 1.28 bits per heavy atom. The molecular weight excluding hydrogens is 234 g/mol. The van der Waals surface area contributed by atoms with Crippen LogP contribution in [-0.4, -0.2) is 41.9 Å².